The van der Waals surface area contributed by atoms with E-state index in [9.17, 15) is 0 Å². The Morgan fingerprint density at radius 3 is 1.49 bits per heavy atom. The molecule has 0 amide bonds. The van der Waals surface area contributed by atoms with E-state index in [2.05, 4.69) is 173 Å². The molecule has 294 valence electrons. The van der Waals surface area contributed by atoms with E-state index in [-0.39, 0.29) is 0 Å². The summed E-state index contributed by atoms with van der Waals surface area (Å²) < 4.78 is 10.9. The highest BCUT2D eigenvalue weighted by Crippen LogP contribution is 2.42. The number of furan rings is 1. The molecule has 0 saturated carbocycles. The third-order valence-corrected chi connectivity index (χ3v) is 12.4. The molecule has 0 bridgehead atoms. The molecule has 0 atom stereocenters. The fourth-order valence-corrected chi connectivity index (χ4v) is 9.55. The van der Waals surface area contributed by atoms with Gasteiger partial charge in [0.25, 0.3) is 0 Å². The van der Waals surface area contributed by atoms with Crippen LogP contribution in [0.4, 0.5) is 0 Å². The average molecular weight is 806 g/mol. The lowest BCUT2D eigenvalue weighted by Gasteiger charge is -2.14. The molecule has 0 saturated heterocycles. The molecule has 0 N–H and O–H groups in total. The minimum Gasteiger partial charge on any atom is -0.456 e. The van der Waals surface area contributed by atoms with Gasteiger partial charge < -0.3 is 8.98 Å². The first kappa shape index (κ1) is 35.2. The summed E-state index contributed by atoms with van der Waals surface area (Å²) in [6, 6.07) is 74.6. The summed E-state index contributed by atoms with van der Waals surface area (Å²) in [6.45, 7) is 0. The summed E-state index contributed by atoms with van der Waals surface area (Å²) in [7, 11) is 0. The summed E-state index contributed by atoms with van der Waals surface area (Å²) in [5, 5.41) is 6.63. The van der Waals surface area contributed by atoms with Gasteiger partial charge in [-0.2, -0.15) is 9.97 Å². The molecule has 13 aromatic rings. The number of benzene rings is 9. The predicted octanol–water partition coefficient (Wildman–Crippen LogP) is 14.6. The molecule has 0 unspecified atom stereocenters. The molecule has 63 heavy (non-hydrogen) atoms. The lowest BCUT2D eigenvalue weighted by molar-refractivity contribution is 0.669. The third-order valence-electron chi connectivity index (χ3n) is 12.4. The topological polar surface area (TPSA) is 61.7 Å². The van der Waals surface area contributed by atoms with Crippen molar-refractivity contribution in [3.63, 3.8) is 0 Å². The van der Waals surface area contributed by atoms with Crippen LogP contribution in [0.3, 0.4) is 0 Å². The maximum atomic E-state index is 6.22. The first-order chi connectivity index (χ1) is 31.2. The standard InChI is InChI=1S/C57H35N5O/c1-3-15-36(16-4-1)41-19-7-8-20-42(41)37-27-30-40(31-28-37)61-49-24-12-9-21-43(49)46-32-33-47-44-22-10-13-25-50(44)62(54(47)53(46)61)57-59-55(38-17-5-2-6-18-38)58-56(60-57)39-29-34-52-48(35-39)45-23-11-14-26-51(45)63-52/h1-35H. The number of nitrogens with zero attached hydrogens (tertiary/aromatic N) is 5. The molecule has 13 rings (SSSR count). The zero-order chi connectivity index (χ0) is 41.4. The summed E-state index contributed by atoms with van der Waals surface area (Å²) in [5.74, 6) is 1.72. The predicted molar refractivity (Wildman–Crippen MR) is 258 cm³/mol. The summed E-state index contributed by atoms with van der Waals surface area (Å²) in [4.78, 5) is 15.9. The van der Waals surface area contributed by atoms with E-state index in [1.54, 1.807) is 0 Å². The second kappa shape index (κ2) is 14.0. The van der Waals surface area contributed by atoms with Crippen molar-refractivity contribution in [1.29, 1.82) is 0 Å². The number of hydrogen-bond acceptors (Lipinski definition) is 4. The Labute approximate surface area is 361 Å². The number of hydrogen-bond donors (Lipinski definition) is 0. The zero-order valence-corrected chi connectivity index (χ0v) is 33.9. The molecule has 4 heterocycles. The van der Waals surface area contributed by atoms with Gasteiger partial charge in [0, 0.05) is 49.1 Å². The van der Waals surface area contributed by atoms with E-state index in [0.717, 1.165) is 82.5 Å². The second-order valence-electron chi connectivity index (χ2n) is 16.0. The van der Waals surface area contributed by atoms with Crippen LogP contribution in [0.5, 0.6) is 0 Å². The van der Waals surface area contributed by atoms with Gasteiger partial charge in [-0.1, -0.05) is 164 Å². The molecule has 0 aliphatic heterocycles. The molecular weight excluding hydrogens is 771 g/mol. The molecule has 9 aromatic carbocycles. The molecule has 0 aliphatic carbocycles. The van der Waals surface area contributed by atoms with Gasteiger partial charge in [-0.3, -0.25) is 4.57 Å². The van der Waals surface area contributed by atoms with Crippen LogP contribution in [0.15, 0.2) is 217 Å². The van der Waals surface area contributed by atoms with Crippen molar-refractivity contribution in [2.75, 3.05) is 0 Å². The molecule has 6 nitrogen and oxygen atoms in total. The fraction of sp³-hybridized carbons (Fsp3) is 0. The largest absolute Gasteiger partial charge is 0.456 e. The van der Waals surface area contributed by atoms with E-state index in [1.165, 1.54) is 22.1 Å². The van der Waals surface area contributed by atoms with Gasteiger partial charge in [-0.15, -0.1) is 0 Å². The fourth-order valence-electron chi connectivity index (χ4n) is 9.55. The molecule has 0 aliphatic rings. The Morgan fingerprint density at radius 1 is 0.317 bits per heavy atom. The Morgan fingerprint density at radius 2 is 0.810 bits per heavy atom. The average Bonchev–Trinajstić information content (AvgIpc) is 4.02. The van der Waals surface area contributed by atoms with Crippen molar-refractivity contribution in [3.8, 4) is 56.7 Å². The summed E-state index contributed by atoms with van der Waals surface area (Å²) in [5.41, 5.74) is 13.5. The second-order valence-corrected chi connectivity index (χ2v) is 16.0. The quantitative estimate of drug-likeness (QED) is 0.168. The third kappa shape index (κ3) is 5.55. The van der Waals surface area contributed by atoms with Gasteiger partial charge in [-0.05, 0) is 70.8 Å². The Balaban J connectivity index is 1.08. The van der Waals surface area contributed by atoms with Gasteiger partial charge in [0.05, 0.1) is 22.1 Å². The molecular formula is C57H35N5O. The summed E-state index contributed by atoms with van der Waals surface area (Å²) in [6.07, 6.45) is 0. The van der Waals surface area contributed by atoms with Crippen molar-refractivity contribution >= 4 is 65.6 Å². The van der Waals surface area contributed by atoms with Crippen LogP contribution in [0.2, 0.25) is 0 Å². The maximum Gasteiger partial charge on any atom is 0.238 e. The van der Waals surface area contributed by atoms with Crippen LogP contribution in [-0.4, -0.2) is 24.1 Å². The van der Waals surface area contributed by atoms with E-state index in [1.807, 2.05) is 48.5 Å². The molecule has 6 heteroatoms. The van der Waals surface area contributed by atoms with Crippen molar-refractivity contribution < 1.29 is 4.42 Å². The molecule has 4 aromatic heterocycles. The van der Waals surface area contributed by atoms with Crippen LogP contribution in [0.25, 0.3) is 122 Å². The van der Waals surface area contributed by atoms with Crippen molar-refractivity contribution in [1.82, 2.24) is 24.1 Å². The minimum absolute atomic E-state index is 0.541. The number of aromatic nitrogens is 5. The van der Waals surface area contributed by atoms with Crippen LogP contribution >= 0.6 is 0 Å². The normalized spacial score (nSPS) is 11.8. The number of para-hydroxylation sites is 3. The lowest BCUT2D eigenvalue weighted by Crippen LogP contribution is -2.07. The van der Waals surface area contributed by atoms with Gasteiger partial charge >= 0.3 is 0 Å². The van der Waals surface area contributed by atoms with Gasteiger partial charge in [0.1, 0.15) is 11.2 Å². The molecule has 0 radical (unpaired) electrons. The van der Waals surface area contributed by atoms with E-state index in [4.69, 9.17) is 19.4 Å². The number of fused-ring (bicyclic) bond motifs is 10. The molecule has 0 spiro atoms. The summed E-state index contributed by atoms with van der Waals surface area (Å²) >= 11 is 0. The Bertz CT molecular complexity index is 3900. The Hall–Kier alpha value is -8.61. The van der Waals surface area contributed by atoms with Gasteiger partial charge in [0.2, 0.25) is 5.95 Å². The first-order valence-electron chi connectivity index (χ1n) is 21.2. The van der Waals surface area contributed by atoms with Crippen LogP contribution < -0.4 is 0 Å². The highest BCUT2D eigenvalue weighted by Gasteiger charge is 2.24. The van der Waals surface area contributed by atoms with Crippen molar-refractivity contribution in [3.05, 3.63) is 212 Å². The van der Waals surface area contributed by atoms with E-state index >= 15 is 0 Å². The monoisotopic (exact) mass is 805 g/mol. The number of rotatable bonds is 6. The maximum absolute atomic E-state index is 6.22. The smallest absolute Gasteiger partial charge is 0.238 e. The van der Waals surface area contributed by atoms with Crippen LogP contribution in [0.1, 0.15) is 0 Å². The van der Waals surface area contributed by atoms with E-state index < -0.39 is 0 Å². The lowest BCUT2D eigenvalue weighted by atomic mass is 9.94. The van der Waals surface area contributed by atoms with Gasteiger partial charge in [-0.25, -0.2) is 4.98 Å². The van der Waals surface area contributed by atoms with Crippen LogP contribution in [0, 0.1) is 0 Å². The van der Waals surface area contributed by atoms with E-state index in [0.29, 0.717) is 17.6 Å². The highest BCUT2D eigenvalue weighted by atomic mass is 16.3. The zero-order valence-electron chi connectivity index (χ0n) is 33.9. The highest BCUT2D eigenvalue weighted by molar-refractivity contribution is 6.23. The van der Waals surface area contributed by atoms with Crippen molar-refractivity contribution in [2.24, 2.45) is 0 Å². The SMILES string of the molecule is c1ccc(-c2nc(-c3ccc4oc5ccccc5c4c3)nc(-n3c4ccccc4c4ccc5c6ccccc6n(-c6ccc(-c7ccccc7-c7ccccc7)cc6)c5c43)n2)cc1. The van der Waals surface area contributed by atoms with Crippen LogP contribution in [-0.2, 0) is 0 Å². The minimum atomic E-state index is 0.541. The molecule has 0 fully saturated rings. The first-order valence-corrected chi connectivity index (χ1v) is 21.2. The van der Waals surface area contributed by atoms with Crippen molar-refractivity contribution in [2.45, 2.75) is 0 Å². The Kier molecular flexibility index (Phi) is 7.80. The van der Waals surface area contributed by atoms with Gasteiger partial charge in [0.15, 0.2) is 11.6 Å².